The number of hydrogen-bond donors (Lipinski definition) is 1. The van der Waals surface area contributed by atoms with Crippen molar-refractivity contribution in [1.29, 1.82) is 0 Å². The van der Waals surface area contributed by atoms with Crippen molar-refractivity contribution in [3.05, 3.63) is 52.2 Å². The number of nitrogens with one attached hydrogen (secondary N) is 1. The summed E-state index contributed by atoms with van der Waals surface area (Å²) in [5.74, 6) is -0.255. The largest absolute Gasteiger partial charge is 0.350 e. The predicted octanol–water partition coefficient (Wildman–Crippen LogP) is 3.34. The van der Waals surface area contributed by atoms with E-state index in [-0.39, 0.29) is 22.9 Å². The quantitative estimate of drug-likeness (QED) is 0.690. The molecule has 0 saturated carbocycles. The van der Waals surface area contributed by atoms with Crippen LogP contribution >= 0.6 is 11.3 Å². The first-order chi connectivity index (χ1) is 13.8. The molecule has 1 amide bonds. The topological polar surface area (TPSA) is 69.7 Å². The van der Waals surface area contributed by atoms with Crippen molar-refractivity contribution in [3.8, 4) is 0 Å². The highest BCUT2D eigenvalue weighted by Gasteiger charge is 2.26. The van der Waals surface area contributed by atoms with Crippen LogP contribution in [-0.4, -0.2) is 56.3 Å². The summed E-state index contributed by atoms with van der Waals surface area (Å²) in [5.41, 5.74) is 0.356. The molecule has 1 atom stereocenters. The fourth-order valence-electron chi connectivity index (χ4n) is 3.48. The molecule has 1 unspecified atom stereocenters. The summed E-state index contributed by atoms with van der Waals surface area (Å²) in [5, 5.41) is 5.07. The number of carbonyl (C=O) groups is 1. The van der Waals surface area contributed by atoms with E-state index in [2.05, 4.69) is 21.7 Å². The predicted molar refractivity (Wildman–Crippen MR) is 117 cm³/mol. The van der Waals surface area contributed by atoms with Crippen molar-refractivity contribution in [2.24, 2.45) is 0 Å². The van der Waals surface area contributed by atoms with Gasteiger partial charge in [0.15, 0.2) is 0 Å². The van der Waals surface area contributed by atoms with Gasteiger partial charge in [0.2, 0.25) is 10.0 Å². The monoisotopic (exact) mass is 435 g/mol. The Hall–Kier alpha value is -1.74. The third-order valence-corrected chi connectivity index (χ3v) is 8.41. The van der Waals surface area contributed by atoms with Gasteiger partial charge in [0, 0.05) is 30.1 Å². The van der Waals surface area contributed by atoms with Crippen LogP contribution in [0.3, 0.4) is 0 Å². The summed E-state index contributed by atoms with van der Waals surface area (Å²) in [6.45, 7) is 6.21. The Kier molecular flexibility index (Phi) is 7.10. The summed E-state index contributed by atoms with van der Waals surface area (Å²) >= 11 is 1.70. The second-order valence-electron chi connectivity index (χ2n) is 7.63. The number of amides is 1. The lowest BCUT2D eigenvalue weighted by Gasteiger charge is -2.27. The summed E-state index contributed by atoms with van der Waals surface area (Å²) < 4.78 is 26.8. The van der Waals surface area contributed by atoms with Crippen LogP contribution in [0.4, 0.5) is 0 Å². The van der Waals surface area contributed by atoms with Gasteiger partial charge in [-0.1, -0.05) is 12.1 Å². The van der Waals surface area contributed by atoms with Gasteiger partial charge >= 0.3 is 0 Å². The molecule has 3 rings (SSSR count). The van der Waals surface area contributed by atoms with Gasteiger partial charge in [-0.2, -0.15) is 4.31 Å². The highest BCUT2D eigenvalue weighted by Crippen LogP contribution is 2.28. The van der Waals surface area contributed by atoms with Crippen molar-refractivity contribution in [2.45, 2.75) is 43.7 Å². The van der Waals surface area contributed by atoms with E-state index in [0.29, 0.717) is 12.1 Å². The first kappa shape index (κ1) is 22.0. The Morgan fingerprint density at radius 1 is 1.21 bits per heavy atom. The van der Waals surface area contributed by atoms with Crippen LogP contribution < -0.4 is 5.32 Å². The highest BCUT2D eigenvalue weighted by molar-refractivity contribution is 7.89. The molecule has 1 N–H and O–H groups in total. The van der Waals surface area contributed by atoms with Crippen molar-refractivity contribution in [3.63, 3.8) is 0 Å². The lowest BCUT2D eigenvalue weighted by atomic mass is 10.2. The standard InChI is InChI=1S/C21H29N3O3S2/c1-16(2)23(3)29(26,27)18-9-6-8-17(14-18)21(25)22-15-19(20-10-7-13-28-20)24-11-4-5-12-24/h6-10,13-14,16,19H,4-5,11-12,15H2,1-3H3,(H,22,25). The number of sulfonamides is 1. The summed E-state index contributed by atoms with van der Waals surface area (Å²) in [7, 11) is -2.08. The van der Waals surface area contributed by atoms with E-state index in [0.717, 1.165) is 13.1 Å². The Bertz CT molecular complexity index is 920. The zero-order chi connectivity index (χ0) is 21.0. The second kappa shape index (κ2) is 9.38. The van der Waals surface area contributed by atoms with Crippen molar-refractivity contribution in [1.82, 2.24) is 14.5 Å². The summed E-state index contributed by atoms with van der Waals surface area (Å²) in [6, 6.07) is 10.4. The first-order valence-corrected chi connectivity index (χ1v) is 12.3. The van der Waals surface area contributed by atoms with Crippen LogP contribution in [0.5, 0.6) is 0 Å². The molecule has 1 saturated heterocycles. The van der Waals surface area contributed by atoms with Crippen LogP contribution in [0.25, 0.3) is 0 Å². The van der Waals surface area contributed by atoms with Gasteiger partial charge in [0.05, 0.1) is 10.9 Å². The van der Waals surface area contributed by atoms with E-state index in [9.17, 15) is 13.2 Å². The van der Waals surface area contributed by atoms with Crippen molar-refractivity contribution >= 4 is 27.3 Å². The highest BCUT2D eigenvalue weighted by atomic mass is 32.2. The van der Waals surface area contributed by atoms with Crippen LogP contribution in [0.2, 0.25) is 0 Å². The molecule has 2 heterocycles. The molecular weight excluding hydrogens is 406 g/mol. The Labute approximate surface area is 177 Å². The van der Waals surface area contributed by atoms with Gasteiger partial charge in [-0.05, 0) is 69.4 Å². The summed E-state index contributed by atoms with van der Waals surface area (Å²) in [4.78, 5) is 16.6. The zero-order valence-electron chi connectivity index (χ0n) is 17.2. The van der Waals surface area contributed by atoms with Crippen LogP contribution in [0.15, 0.2) is 46.7 Å². The van der Waals surface area contributed by atoms with E-state index in [4.69, 9.17) is 0 Å². The van der Waals surface area contributed by atoms with Gasteiger partial charge in [-0.15, -0.1) is 11.3 Å². The minimum atomic E-state index is -3.63. The van der Waals surface area contributed by atoms with Gasteiger partial charge in [0.1, 0.15) is 0 Å². The molecule has 6 nitrogen and oxygen atoms in total. The molecule has 1 aromatic heterocycles. The second-order valence-corrected chi connectivity index (χ2v) is 10.6. The molecular formula is C21H29N3O3S2. The van der Waals surface area contributed by atoms with E-state index in [1.165, 1.54) is 34.2 Å². The number of likely N-dealkylation sites (tertiary alicyclic amines) is 1. The number of benzene rings is 1. The number of thiophene rings is 1. The molecule has 1 fully saturated rings. The molecule has 1 aromatic carbocycles. The van der Waals surface area contributed by atoms with E-state index in [1.54, 1.807) is 30.5 Å². The normalized spacial score (nSPS) is 16.4. The molecule has 0 radical (unpaired) electrons. The van der Waals surface area contributed by atoms with Crippen LogP contribution in [0, 0.1) is 0 Å². The van der Waals surface area contributed by atoms with Gasteiger partial charge < -0.3 is 5.32 Å². The maximum Gasteiger partial charge on any atom is 0.251 e. The number of rotatable bonds is 8. The first-order valence-electron chi connectivity index (χ1n) is 9.94. The lowest BCUT2D eigenvalue weighted by molar-refractivity contribution is 0.0938. The maximum absolute atomic E-state index is 12.8. The maximum atomic E-state index is 12.8. The van der Waals surface area contributed by atoms with Gasteiger partial charge in [0.25, 0.3) is 5.91 Å². The van der Waals surface area contributed by atoms with E-state index >= 15 is 0 Å². The molecule has 158 valence electrons. The Morgan fingerprint density at radius 3 is 2.55 bits per heavy atom. The molecule has 0 bridgehead atoms. The average molecular weight is 436 g/mol. The lowest BCUT2D eigenvalue weighted by Crippen LogP contribution is -2.36. The number of carbonyl (C=O) groups excluding carboxylic acids is 1. The Balaban J connectivity index is 1.73. The van der Waals surface area contributed by atoms with Crippen molar-refractivity contribution in [2.75, 3.05) is 26.7 Å². The molecule has 0 spiro atoms. The third-order valence-electron chi connectivity index (χ3n) is 5.41. The third kappa shape index (κ3) is 5.06. The van der Waals surface area contributed by atoms with Crippen LogP contribution in [-0.2, 0) is 10.0 Å². The Morgan fingerprint density at radius 2 is 1.93 bits per heavy atom. The molecule has 29 heavy (non-hydrogen) atoms. The fourth-order valence-corrected chi connectivity index (χ4v) is 5.75. The van der Waals surface area contributed by atoms with Crippen LogP contribution in [0.1, 0.15) is 48.0 Å². The van der Waals surface area contributed by atoms with E-state index in [1.807, 2.05) is 19.9 Å². The smallest absolute Gasteiger partial charge is 0.251 e. The van der Waals surface area contributed by atoms with Gasteiger partial charge in [-0.3, -0.25) is 9.69 Å². The van der Waals surface area contributed by atoms with Crippen molar-refractivity contribution < 1.29 is 13.2 Å². The molecule has 0 aliphatic carbocycles. The molecule has 1 aliphatic rings. The van der Waals surface area contributed by atoms with Gasteiger partial charge in [-0.25, -0.2) is 8.42 Å². The molecule has 2 aromatic rings. The summed E-state index contributed by atoms with van der Waals surface area (Å²) in [6.07, 6.45) is 2.36. The SMILES string of the molecule is CC(C)N(C)S(=O)(=O)c1cccc(C(=O)NCC(c2cccs2)N2CCCC2)c1. The minimum Gasteiger partial charge on any atom is -0.350 e. The fraction of sp³-hybridized carbons (Fsp3) is 0.476. The number of nitrogens with zero attached hydrogens (tertiary/aromatic N) is 2. The molecule has 8 heteroatoms. The number of hydrogen-bond acceptors (Lipinski definition) is 5. The minimum absolute atomic E-state index is 0.135. The molecule has 1 aliphatic heterocycles. The average Bonchev–Trinajstić information content (AvgIpc) is 3.42. The van der Waals surface area contributed by atoms with E-state index < -0.39 is 10.0 Å². The zero-order valence-corrected chi connectivity index (χ0v) is 18.8.